The summed E-state index contributed by atoms with van der Waals surface area (Å²) in [6.45, 7) is 9.87. The van der Waals surface area contributed by atoms with Crippen molar-refractivity contribution in [2.24, 2.45) is 11.8 Å². The molecular weight excluding hydrogens is 650 g/mol. The molecule has 1 saturated carbocycles. The van der Waals surface area contributed by atoms with Crippen molar-refractivity contribution in [1.29, 1.82) is 0 Å². The summed E-state index contributed by atoms with van der Waals surface area (Å²) in [7, 11) is 1.95. The summed E-state index contributed by atoms with van der Waals surface area (Å²) in [5, 5.41) is 24.5. The van der Waals surface area contributed by atoms with E-state index in [1.165, 1.54) is 11.8 Å². The molecule has 0 bridgehead atoms. The van der Waals surface area contributed by atoms with Crippen molar-refractivity contribution in [3.05, 3.63) is 82.9 Å². The van der Waals surface area contributed by atoms with E-state index < -0.39 is 12.0 Å². The van der Waals surface area contributed by atoms with Crippen molar-refractivity contribution in [3.63, 3.8) is 0 Å². The number of aliphatic carboxylic acids is 1. The number of aromatic hydroxyl groups is 1. The van der Waals surface area contributed by atoms with E-state index >= 15 is 0 Å². The van der Waals surface area contributed by atoms with Crippen LogP contribution in [-0.4, -0.2) is 74.5 Å². The van der Waals surface area contributed by atoms with Gasteiger partial charge in [-0.3, -0.25) is 14.4 Å². The van der Waals surface area contributed by atoms with Gasteiger partial charge in [-0.25, -0.2) is 4.39 Å². The maximum absolute atomic E-state index is 14.3. The number of aryl methyl sites for hydroxylation is 1. The molecular formula is C35H50Cl3FN4O3. The first-order valence-corrected chi connectivity index (χ1v) is 15.9. The average molecular weight is 700 g/mol. The van der Waals surface area contributed by atoms with Gasteiger partial charge in [0.15, 0.2) is 0 Å². The van der Waals surface area contributed by atoms with Crippen molar-refractivity contribution in [1.82, 2.24) is 19.6 Å². The van der Waals surface area contributed by atoms with Crippen LogP contribution in [0.5, 0.6) is 5.75 Å². The molecule has 2 fully saturated rings. The maximum atomic E-state index is 14.3. The molecule has 1 saturated heterocycles. The third kappa shape index (κ3) is 9.38. The lowest BCUT2D eigenvalue weighted by molar-refractivity contribution is -0.145. The molecule has 1 aliphatic carbocycles. The molecule has 1 aliphatic heterocycles. The molecule has 256 valence electrons. The summed E-state index contributed by atoms with van der Waals surface area (Å²) in [5.74, 6) is 0.293. The van der Waals surface area contributed by atoms with Gasteiger partial charge < -0.3 is 15.1 Å². The zero-order valence-electron chi connectivity index (χ0n) is 27.2. The normalized spacial score (nSPS) is 21.0. The number of likely N-dealkylation sites (N-methyl/N-ethyl adjacent to an activating group) is 1. The average Bonchev–Trinajstić information content (AvgIpc) is 3.58. The maximum Gasteiger partial charge on any atom is 0.321 e. The molecule has 5 rings (SSSR count). The van der Waals surface area contributed by atoms with Crippen LogP contribution in [0.25, 0.3) is 0 Å². The van der Waals surface area contributed by atoms with Crippen molar-refractivity contribution in [2.45, 2.75) is 83.3 Å². The standard InChI is InChI=1S/C35H47FN4O3.3ClH/c1-5-40-33(20-29(37-40)17-24-9-11-31(41)12-10-24)25-13-15-39(16-14-25)22-27-19-30(38(4)34(23(2)3)35(42)43)21-32(27)26-7-6-8-28(36)18-26;;;/h6-12,18,20,23,25,27,30,32,34,41H,5,13-17,19,21-22H2,1-4H3,(H,42,43);3*1H/t27?,30?,32?,34-;;;/m1.../s1. The van der Waals surface area contributed by atoms with E-state index in [1.807, 2.05) is 39.1 Å². The molecule has 2 heterocycles. The smallest absolute Gasteiger partial charge is 0.321 e. The van der Waals surface area contributed by atoms with Crippen LogP contribution in [0.3, 0.4) is 0 Å². The number of halogens is 4. The van der Waals surface area contributed by atoms with Crippen LogP contribution in [-0.2, 0) is 17.8 Å². The van der Waals surface area contributed by atoms with E-state index in [-0.39, 0.29) is 66.7 Å². The van der Waals surface area contributed by atoms with Gasteiger partial charge in [-0.05, 0) is 112 Å². The second kappa shape index (κ2) is 17.7. The Morgan fingerprint density at radius 3 is 2.30 bits per heavy atom. The lowest BCUT2D eigenvalue weighted by Gasteiger charge is -2.35. The summed E-state index contributed by atoms with van der Waals surface area (Å²) >= 11 is 0. The third-order valence-corrected chi connectivity index (χ3v) is 9.83. The first kappa shape index (κ1) is 39.8. The second-order valence-electron chi connectivity index (χ2n) is 13.0. The van der Waals surface area contributed by atoms with Gasteiger partial charge in [0, 0.05) is 37.2 Å². The van der Waals surface area contributed by atoms with E-state index in [1.54, 1.807) is 24.3 Å². The quantitative estimate of drug-likeness (QED) is 0.217. The number of likely N-dealkylation sites (tertiary alicyclic amines) is 1. The molecule has 2 aromatic carbocycles. The Balaban J connectivity index is 0.00000245. The first-order valence-electron chi connectivity index (χ1n) is 15.9. The van der Waals surface area contributed by atoms with Crippen LogP contribution in [0.2, 0.25) is 0 Å². The number of rotatable bonds is 11. The predicted octanol–water partition coefficient (Wildman–Crippen LogP) is 7.39. The number of nitrogens with zero attached hydrogens (tertiary/aromatic N) is 4. The van der Waals surface area contributed by atoms with Crippen molar-refractivity contribution in [3.8, 4) is 5.75 Å². The monoisotopic (exact) mass is 698 g/mol. The lowest BCUT2D eigenvalue weighted by Crippen LogP contribution is -2.47. The van der Waals surface area contributed by atoms with Crippen LogP contribution in [0.1, 0.15) is 80.8 Å². The van der Waals surface area contributed by atoms with E-state index in [9.17, 15) is 19.4 Å². The molecule has 7 nitrogen and oxygen atoms in total. The van der Waals surface area contributed by atoms with Gasteiger partial charge >= 0.3 is 5.97 Å². The van der Waals surface area contributed by atoms with Crippen LogP contribution >= 0.6 is 37.2 Å². The molecule has 0 radical (unpaired) electrons. The molecule has 11 heteroatoms. The van der Waals surface area contributed by atoms with E-state index in [0.717, 1.165) is 75.1 Å². The second-order valence-corrected chi connectivity index (χ2v) is 13.0. The minimum absolute atomic E-state index is 0. The molecule has 0 amide bonds. The number of carboxylic acids is 1. The number of carboxylic acid groups (broad SMARTS) is 1. The van der Waals surface area contributed by atoms with Gasteiger partial charge in [0.2, 0.25) is 0 Å². The summed E-state index contributed by atoms with van der Waals surface area (Å²) in [5.41, 5.74) is 4.53. The SMILES string of the molecule is CCn1nc(Cc2ccc(O)cc2)cc1C1CCN(CC2CC(N(C)[C@@H](C(=O)O)C(C)C)CC2c2cccc(F)c2)CC1.Cl.Cl.Cl. The number of phenols is 1. The number of piperidine rings is 1. The molecule has 3 unspecified atom stereocenters. The van der Waals surface area contributed by atoms with Crippen molar-refractivity contribution >= 4 is 43.2 Å². The van der Waals surface area contributed by atoms with Crippen LogP contribution in [0, 0.1) is 17.7 Å². The fourth-order valence-corrected chi connectivity index (χ4v) is 7.65. The minimum Gasteiger partial charge on any atom is -0.508 e. The summed E-state index contributed by atoms with van der Waals surface area (Å²) in [6, 6.07) is 16.2. The van der Waals surface area contributed by atoms with Gasteiger partial charge in [-0.1, -0.05) is 38.1 Å². The van der Waals surface area contributed by atoms with Gasteiger partial charge in [0.25, 0.3) is 0 Å². The first-order chi connectivity index (χ1) is 20.6. The van der Waals surface area contributed by atoms with Crippen LogP contribution < -0.4 is 0 Å². The highest BCUT2D eigenvalue weighted by molar-refractivity contribution is 5.86. The Kier molecular flexibility index (Phi) is 15.3. The Labute approximate surface area is 291 Å². The van der Waals surface area contributed by atoms with Crippen molar-refractivity contribution < 1.29 is 19.4 Å². The molecule has 3 aromatic rings. The fourth-order valence-electron chi connectivity index (χ4n) is 7.65. The summed E-state index contributed by atoms with van der Waals surface area (Å²) in [6.07, 6.45) is 4.64. The fraction of sp³-hybridized carbons (Fsp3) is 0.543. The Bertz CT molecular complexity index is 1380. The molecule has 2 aliphatic rings. The Hall–Kier alpha value is -2.36. The highest BCUT2D eigenvalue weighted by atomic mass is 35.5. The lowest BCUT2D eigenvalue weighted by atomic mass is 9.87. The third-order valence-electron chi connectivity index (χ3n) is 9.83. The number of hydrogen-bond donors (Lipinski definition) is 2. The zero-order chi connectivity index (χ0) is 30.7. The molecule has 46 heavy (non-hydrogen) atoms. The summed E-state index contributed by atoms with van der Waals surface area (Å²) in [4.78, 5) is 16.7. The minimum atomic E-state index is -0.775. The van der Waals surface area contributed by atoms with E-state index in [4.69, 9.17) is 5.10 Å². The zero-order valence-corrected chi connectivity index (χ0v) is 29.7. The highest BCUT2D eigenvalue weighted by Crippen LogP contribution is 2.43. The van der Waals surface area contributed by atoms with Gasteiger partial charge in [0.05, 0.1) is 5.69 Å². The predicted molar refractivity (Wildman–Crippen MR) is 189 cm³/mol. The number of hydrogen-bond acceptors (Lipinski definition) is 5. The molecule has 4 atom stereocenters. The highest BCUT2D eigenvalue weighted by Gasteiger charge is 2.42. The van der Waals surface area contributed by atoms with Crippen molar-refractivity contribution in [2.75, 3.05) is 26.7 Å². The molecule has 0 spiro atoms. The molecule has 1 aromatic heterocycles. The van der Waals surface area contributed by atoms with Gasteiger partial charge in [-0.2, -0.15) is 5.10 Å². The number of carbonyl (C=O) groups is 1. The number of aromatic nitrogens is 2. The largest absolute Gasteiger partial charge is 0.508 e. The van der Waals surface area contributed by atoms with Crippen LogP contribution in [0.15, 0.2) is 54.6 Å². The Morgan fingerprint density at radius 1 is 1.04 bits per heavy atom. The Morgan fingerprint density at radius 2 is 1.72 bits per heavy atom. The van der Waals surface area contributed by atoms with Gasteiger partial charge in [-0.15, -0.1) is 37.2 Å². The number of benzene rings is 2. The topological polar surface area (TPSA) is 81.8 Å². The summed E-state index contributed by atoms with van der Waals surface area (Å²) < 4.78 is 16.4. The van der Waals surface area contributed by atoms with E-state index in [0.29, 0.717) is 11.8 Å². The number of phenolic OH excluding ortho intramolecular Hbond substituents is 1. The van der Waals surface area contributed by atoms with E-state index in [2.05, 4.69) is 27.5 Å². The molecule has 2 N–H and O–H groups in total. The van der Waals surface area contributed by atoms with Crippen LogP contribution in [0.4, 0.5) is 4.39 Å². The van der Waals surface area contributed by atoms with Gasteiger partial charge in [0.1, 0.15) is 17.6 Å².